The zero-order chi connectivity index (χ0) is 12.3. The molecule has 0 aliphatic carbocycles. The van der Waals surface area contributed by atoms with E-state index in [1.54, 1.807) is 7.11 Å². The minimum Gasteiger partial charge on any atom is -0.381 e. The number of hydrogen-bond donors (Lipinski definition) is 1. The SMILES string of the molecule is COC1CCN(c2cc(C(C)N)ccn2)CC1. The van der Waals surface area contributed by atoms with Crippen molar-refractivity contribution < 1.29 is 4.74 Å². The largest absolute Gasteiger partial charge is 0.381 e. The first-order valence-corrected chi connectivity index (χ1v) is 6.20. The van der Waals surface area contributed by atoms with Crippen molar-refractivity contribution in [1.82, 2.24) is 4.98 Å². The van der Waals surface area contributed by atoms with Gasteiger partial charge in [0.2, 0.25) is 0 Å². The van der Waals surface area contributed by atoms with Crippen molar-refractivity contribution in [2.24, 2.45) is 5.73 Å². The molecular weight excluding hydrogens is 214 g/mol. The van der Waals surface area contributed by atoms with Crippen molar-refractivity contribution in [2.75, 3.05) is 25.1 Å². The molecule has 0 aromatic carbocycles. The van der Waals surface area contributed by atoms with Crippen molar-refractivity contribution in [3.8, 4) is 0 Å². The lowest BCUT2D eigenvalue weighted by Crippen LogP contribution is -2.37. The number of nitrogens with two attached hydrogens (primary N) is 1. The molecule has 4 heteroatoms. The molecule has 1 saturated heterocycles. The third kappa shape index (κ3) is 2.96. The van der Waals surface area contributed by atoms with Crippen LogP contribution >= 0.6 is 0 Å². The van der Waals surface area contributed by atoms with Crippen molar-refractivity contribution in [3.05, 3.63) is 23.9 Å². The second-order valence-corrected chi connectivity index (χ2v) is 4.66. The molecule has 1 fully saturated rings. The molecule has 1 unspecified atom stereocenters. The maximum Gasteiger partial charge on any atom is 0.128 e. The first kappa shape index (κ1) is 12.3. The van der Waals surface area contributed by atoms with Crippen LogP contribution in [0.2, 0.25) is 0 Å². The van der Waals surface area contributed by atoms with E-state index in [1.165, 1.54) is 0 Å². The highest BCUT2D eigenvalue weighted by Crippen LogP contribution is 2.21. The van der Waals surface area contributed by atoms with Crippen LogP contribution in [0.25, 0.3) is 0 Å². The summed E-state index contributed by atoms with van der Waals surface area (Å²) >= 11 is 0. The number of anilines is 1. The number of pyridine rings is 1. The van der Waals surface area contributed by atoms with Crippen molar-refractivity contribution in [3.63, 3.8) is 0 Å². The van der Waals surface area contributed by atoms with E-state index in [0.29, 0.717) is 6.10 Å². The van der Waals surface area contributed by atoms with Crippen LogP contribution in [0.1, 0.15) is 31.4 Å². The molecule has 0 amide bonds. The molecule has 94 valence electrons. The van der Waals surface area contributed by atoms with Gasteiger partial charge in [0.25, 0.3) is 0 Å². The van der Waals surface area contributed by atoms with Crippen molar-refractivity contribution >= 4 is 5.82 Å². The van der Waals surface area contributed by atoms with E-state index in [4.69, 9.17) is 10.5 Å². The van der Waals surface area contributed by atoms with Gasteiger partial charge in [0.1, 0.15) is 5.82 Å². The lowest BCUT2D eigenvalue weighted by molar-refractivity contribution is 0.0818. The van der Waals surface area contributed by atoms with Gasteiger partial charge < -0.3 is 15.4 Å². The van der Waals surface area contributed by atoms with Gasteiger partial charge in [-0.3, -0.25) is 0 Å². The quantitative estimate of drug-likeness (QED) is 0.866. The Labute approximate surface area is 103 Å². The van der Waals surface area contributed by atoms with Gasteiger partial charge in [-0.05, 0) is 37.5 Å². The fourth-order valence-electron chi connectivity index (χ4n) is 2.21. The molecule has 4 nitrogen and oxygen atoms in total. The fourth-order valence-corrected chi connectivity index (χ4v) is 2.21. The molecule has 2 heterocycles. The molecular formula is C13H21N3O. The summed E-state index contributed by atoms with van der Waals surface area (Å²) in [6, 6.07) is 4.14. The zero-order valence-electron chi connectivity index (χ0n) is 10.6. The second-order valence-electron chi connectivity index (χ2n) is 4.66. The molecule has 17 heavy (non-hydrogen) atoms. The van der Waals surface area contributed by atoms with Crippen LogP contribution in [0.3, 0.4) is 0 Å². The van der Waals surface area contributed by atoms with E-state index >= 15 is 0 Å². The maximum atomic E-state index is 5.89. The Hall–Kier alpha value is -1.13. The topological polar surface area (TPSA) is 51.4 Å². The van der Waals surface area contributed by atoms with Crippen LogP contribution in [0.15, 0.2) is 18.3 Å². The first-order chi connectivity index (χ1) is 8.20. The maximum absolute atomic E-state index is 5.89. The van der Waals surface area contributed by atoms with Crippen LogP contribution in [0, 0.1) is 0 Å². The molecule has 0 spiro atoms. The van der Waals surface area contributed by atoms with Crippen LogP contribution in [0.5, 0.6) is 0 Å². The van der Waals surface area contributed by atoms with E-state index in [2.05, 4.69) is 16.0 Å². The average Bonchev–Trinajstić information content (AvgIpc) is 2.39. The van der Waals surface area contributed by atoms with Gasteiger partial charge in [-0.25, -0.2) is 4.98 Å². The number of hydrogen-bond acceptors (Lipinski definition) is 4. The summed E-state index contributed by atoms with van der Waals surface area (Å²) in [5.74, 6) is 1.04. The van der Waals surface area contributed by atoms with E-state index < -0.39 is 0 Å². The Morgan fingerprint density at radius 3 is 2.76 bits per heavy atom. The average molecular weight is 235 g/mol. The second kappa shape index (κ2) is 5.47. The van der Waals surface area contributed by atoms with Gasteiger partial charge in [0.05, 0.1) is 6.10 Å². The summed E-state index contributed by atoms with van der Waals surface area (Å²) in [5.41, 5.74) is 7.03. The Balaban J connectivity index is 2.05. The molecule has 1 atom stereocenters. The predicted molar refractivity (Wildman–Crippen MR) is 69.1 cm³/mol. The van der Waals surface area contributed by atoms with Gasteiger partial charge >= 0.3 is 0 Å². The number of nitrogens with zero attached hydrogens (tertiary/aromatic N) is 2. The summed E-state index contributed by atoms with van der Waals surface area (Å²) in [6.07, 6.45) is 4.39. The summed E-state index contributed by atoms with van der Waals surface area (Å²) in [7, 11) is 1.79. The number of methoxy groups -OCH3 is 1. The fraction of sp³-hybridized carbons (Fsp3) is 0.615. The third-order valence-corrected chi connectivity index (χ3v) is 3.39. The minimum atomic E-state index is 0.0632. The normalized spacial score (nSPS) is 19.4. The monoisotopic (exact) mass is 235 g/mol. The molecule has 2 N–H and O–H groups in total. The van der Waals surface area contributed by atoms with Crippen LogP contribution < -0.4 is 10.6 Å². The number of rotatable bonds is 3. The van der Waals surface area contributed by atoms with Crippen LogP contribution in [-0.2, 0) is 4.74 Å². The molecule has 1 aromatic rings. The van der Waals surface area contributed by atoms with Crippen LogP contribution in [-0.4, -0.2) is 31.3 Å². The molecule has 0 radical (unpaired) electrons. The minimum absolute atomic E-state index is 0.0632. The van der Waals surface area contributed by atoms with E-state index in [9.17, 15) is 0 Å². The van der Waals surface area contributed by atoms with Gasteiger partial charge in [0.15, 0.2) is 0 Å². The Bertz CT molecular complexity index is 359. The van der Waals surface area contributed by atoms with Crippen LogP contribution in [0.4, 0.5) is 5.82 Å². The summed E-state index contributed by atoms with van der Waals surface area (Å²) in [4.78, 5) is 6.73. The molecule has 2 rings (SSSR count). The van der Waals surface area contributed by atoms with E-state index in [-0.39, 0.29) is 6.04 Å². The van der Waals surface area contributed by atoms with Gasteiger partial charge in [-0.15, -0.1) is 0 Å². The standard InChI is InChI=1S/C13H21N3O/c1-10(14)11-3-6-15-13(9-11)16-7-4-12(17-2)5-8-16/h3,6,9-10,12H,4-5,7-8,14H2,1-2H3. The van der Waals surface area contributed by atoms with Gasteiger partial charge in [0, 0.05) is 32.4 Å². The molecule has 1 aromatic heterocycles. The van der Waals surface area contributed by atoms with Crippen molar-refractivity contribution in [2.45, 2.75) is 31.9 Å². The Morgan fingerprint density at radius 2 is 2.18 bits per heavy atom. The molecule has 0 saturated carbocycles. The molecule has 0 bridgehead atoms. The van der Waals surface area contributed by atoms with E-state index in [1.807, 2.05) is 19.2 Å². The molecule has 1 aliphatic heterocycles. The third-order valence-electron chi connectivity index (χ3n) is 3.39. The van der Waals surface area contributed by atoms with Gasteiger partial charge in [-0.1, -0.05) is 0 Å². The Kier molecular flexibility index (Phi) is 3.97. The summed E-state index contributed by atoms with van der Waals surface area (Å²) in [5, 5.41) is 0. The highest BCUT2D eigenvalue weighted by molar-refractivity contribution is 5.42. The first-order valence-electron chi connectivity index (χ1n) is 6.20. The van der Waals surface area contributed by atoms with Gasteiger partial charge in [-0.2, -0.15) is 0 Å². The highest BCUT2D eigenvalue weighted by Gasteiger charge is 2.19. The van der Waals surface area contributed by atoms with E-state index in [0.717, 1.165) is 37.3 Å². The number of ether oxygens (including phenoxy) is 1. The highest BCUT2D eigenvalue weighted by atomic mass is 16.5. The summed E-state index contributed by atoms with van der Waals surface area (Å²) in [6.45, 7) is 4.01. The summed E-state index contributed by atoms with van der Waals surface area (Å²) < 4.78 is 5.37. The lowest BCUT2D eigenvalue weighted by atomic mass is 10.1. The molecule has 1 aliphatic rings. The number of piperidine rings is 1. The zero-order valence-corrected chi connectivity index (χ0v) is 10.6. The Morgan fingerprint density at radius 1 is 1.47 bits per heavy atom. The number of aromatic nitrogens is 1. The van der Waals surface area contributed by atoms with Crippen molar-refractivity contribution in [1.29, 1.82) is 0 Å². The lowest BCUT2D eigenvalue weighted by Gasteiger charge is -2.32. The smallest absolute Gasteiger partial charge is 0.128 e. The predicted octanol–water partition coefficient (Wildman–Crippen LogP) is 1.72.